The van der Waals surface area contributed by atoms with Gasteiger partial charge in [0, 0.05) is 17.8 Å². The molecule has 0 fully saturated rings. The summed E-state index contributed by atoms with van der Waals surface area (Å²) in [6.45, 7) is 4.01. The zero-order valence-electron chi connectivity index (χ0n) is 14.1. The summed E-state index contributed by atoms with van der Waals surface area (Å²) in [6.07, 6.45) is 2.49. The summed E-state index contributed by atoms with van der Waals surface area (Å²) in [4.78, 5) is 0.351. The highest BCUT2D eigenvalue weighted by Crippen LogP contribution is 2.28. The van der Waals surface area contributed by atoms with Gasteiger partial charge in [-0.15, -0.1) is 0 Å². The van der Waals surface area contributed by atoms with Crippen LogP contribution in [0.2, 0.25) is 0 Å². The molecule has 2 aromatic rings. The number of aryl methyl sites for hydroxylation is 1. The number of nitrogens with one attached hydrogen (secondary N) is 2. The molecule has 2 aromatic carbocycles. The number of hydrogen-bond acceptors (Lipinski definition) is 3. The van der Waals surface area contributed by atoms with Gasteiger partial charge >= 0.3 is 0 Å². The second-order valence-electron chi connectivity index (χ2n) is 6.62. The predicted molar refractivity (Wildman–Crippen MR) is 97.8 cm³/mol. The van der Waals surface area contributed by atoms with Gasteiger partial charge in [-0.05, 0) is 62.4 Å². The molecule has 0 unspecified atom stereocenters. The largest absolute Gasteiger partial charge is 0.382 e. The van der Waals surface area contributed by atoms with Crippen molar-refractivity contribution in [2.75, 3.05) is 5.32 Å². The molecule has 2 atom stereocenters. The molecule has 24 heavy (non-hydrogen) atoms. The van der Waals surface area contributed by atoms with Gasteiger partial charge in [0.05, 0.1) is 4.90 Å². The smallest absolute Gasteiger partial charge is 0.240 e. The number of fused-ring (bicyclic) bond motifs is 1. The second kappa shape index (κ2) is 6.95. The maximum absolute atomic E-state index is 12.6. The third-order valence-corrected chi connectivity index (χ3v) is 5.97. The molecule has 1 heterocycles. The van der Waals surface area contributed by atoms with E-state index in [1.165, 1.54) is 5.56 Å². The highest BCUT2D eigenvalue weighted by atomic mass is 32.2. The lowest BCUT2D eigenvalue weighted by molar-refractivity contribution is 0.547. The lowest BCUT2D eigenvalue weighted by Gasteiger charge is -2.15. The number of benzene rings is 2. The molecule has 0 amide bonds. The van der Waals surface area contributed by atoms with Crippen molar-refractivity contribution in [3.8, 4) is 0 Å². The third kappa shape index (κ3) is 3.97. The molecule has 2 N–H and O–H groups in total. The van der Waals surface area contributed by atoms with Crippen LogP contribution in [0.3, 0.4) is 0 Å². The minimum Gasteiger partial charge on any atom is -0.382 e. The molecular formula is C19H24N2O2S. The third-order valence-electron chi connectivity index (χ3n) is 4.38. The van der Waals surface area contributed by atoms with Crippen LogP contribution in [-0.4, -0.2) is 20.5 Å². The van der Waals surface area contributed by atoms with E-state index in [1.54, 1.807) is 12.1 Å². The van der Waals surface area contributed by atoms with E-state index in [1.807, 2.05) is 31.2 Å². The summed E-state index contributed by atoms with van der Waals surface area (Å²) in [5, 5.41) is 3.34. The molecule has 0 bridgehead atoms. The number of rotatable bonds is 6. The number of sulfonamides is 1. The normalized spacial score (nSPS) is 18.0. The highest BCUT2D eigenvalue weighted by molar-refractivity contribution is 7.89. The molecular weight excluding hydrogens is 320 g/mol. The Morgan fingerprint density at radius 1 is 1.21 bits per heavy atom. The molecule has 5 heteroatoms. The topological polar surface area (TPSA) is 58.2 Å². The first-order valence-corrected chi connectivity index (χ1v) is 9.88. The van der Waals surface area contributed by atoms with Crippen molar-refractivity contribution >= 4 is 15.7 Å². The Labute approximate surface area is 144 Å². The standard InChI is InChI=1S/C19H24N2O2S/c1-14(8-9-16-6-4-3-5-7-16)21-24(22,23)18-10-11-19-17(13-18)12-15(2)20-19/h3-7,10-11,13-15,20-21H,8-9,12H2,1-2H3/t14-,15-/m0/s1. The van der Waals surface area contributed by atoms with Crippen LogP contribution in [0.1, 0.15) is 31.4 Å². The van der Waals surface area contributed by atoms with Crippen LogP contribution in [0, 0.1) is 0 Å². The summed E-state index contributed by atoms with van der Waals surface area (Å²) in [7, 11) is -3.48. The van der Waals surface area contributed by atoms with E-state index < -0.39 is 10.0 Å². The SMILES string of the molecule is C[C@H]1Cc2cc(S(=O)(=O)N[C@@H](C)CCc3ccccc3)ccc2N1. The van der Waals surface area contributed by atoms with Crippen molar-refractivity contribution in [1.82, 2.24) is 4.72 Å². The highest BCUT2D eigenvalue weighted by Gasteiger charge is 2.22. The Bertz CT molecular complexity index is 803. The first kappa shape index (κ1) is 17.0. The molecule has 128 valence electrons. The Balaban J connectivity index is 1.64. The quantitative estimate of drug-likeness (QED) is 0.845. The van der Waals surface area contributed by atoms with Crippen LogP contribution in [-0.2, 0) is 22.9 Å². The molecule has 0 spiro atoms. The van der Waals surface area contributed by atoms with Crippen LogP contribution in [0.15, 0.2) is 53.4 Å². The lowest BCUT2D eigenvalue weighted by atomic mass is 10.1. The van der Waals surface area contributed by atoms with Crippen molar-refractivity contribution in [3.05, 3.63) is 59.7 Å². The zero-order chi connectivity index (χ0) is 17.2. The lowest BCUT2D eigenvalue weighted by Crippen LogP contribution is -2.33. The van der Waals surface area contributed by atoms with Crippen LogP contribution >= 0.6 is 0 Å². The van der Waals surface area contributed by atoms with Gasteiger partial charge in [0.1, 0.15) is 0 Å². The van der Waals surface area contributed by atoms with Gasteiger partial charge in [0.2, 0.25) is 10.0 Å². The summed E-state index contributed by atoms with van der Waals surface area (Å²) >= 11 is 0. The van der Waals surface area contributed by atoms with E-state index in [4.69, 9.17) is 0 Å². The van der Waals surface area contributed by atoms with Crippen LogP contribution < -0.4 is 10.0 Å². The molecule has 0 aromatic heterocycles. The van der Waals surface area contributed by atoms with Crippen molar-refractivity contribution < 1.29 is 8.42 Å². The van der Waals surface area contributed by atoms with Crippen molar-refractivity contribution in [3.63, 3.8) is 0 Å². The number of anilines is 1. The summed E-state index contributed by atoms with van der Waals surface area (Å²) < 4.78 is 28.0. The summed E-state index contributed by atoms with van der Waals surface area (Å²) in [5.41, 5.74) is 3.34. The predicted octanol–water partition coefficient (Wildman–Crippen LogP) is 3.34. The average molecular weight is 344 g/mol. The fraction of sp³-hybridized carbons (Fsp3) is 0.368. The molecule has 1 aliphatic rings. The molecule has 0 aliphatic carbocycles. The molecule has 0 saturated carbocycles. The second-order valence-corrected chi connectivity index (χ2v) is 8.33. The maximum Gasteiger partial charge on any atom is 0.240 e. The van der Waals surface area contributed by atoms with Gasteiger partial charge in [-0.25, -0.2) is 13.1 Å². The fourth-order valence-corrected chi connectivity index (χ4v) is 4.44. The maximum atomic E-state index is 12.6. The van der Waals surface area contributed by atoms with Crippen molar-refractivity contribution in [2.24, 2.45) is 0 Å². The Morgan fingerprint density at radius 3 is 2.71 bits per heavy atom. The van der Waals surface area contributed by atoms with Gasteiger partial charge in [-0.2, -0.15) is 0 Å². The Morgan fingerprint density at radius 2 is 1.96 bits per heavy atom. The summed E-state index contributed by atoms with van der Waals surface area (Å²) in [5.74, 6) is 0. The molecule has 0 radical (unpaired) electrons. The Kier molecular flexibility index (Phi) is 4.92. The van der Waals surface area contributed by atoms with E-state index in [-0.39, 0.29) is 6.04 Å². The minimum absolute atomic E-state index is 0.111. The van der Waals surface area contributed by atoms with Crippen LogP contribution in [0.5, 0.6) is 0 Å². The van der Waals surface area contributed by atoms with Gasteiger partial charge in [-0.3, -0.25) is 0 Å². The fourth-order valence-electron chi connectivity index (χ4n) is 3.11. The average Bonchev–Trinajstić information content (AvgIpc) is 2.92. The minimum atomic E-state index is -3.48. The monoisotopic (exact) mass is 344 g/mol. The van der Waals surface area contributed by atoms with E-state index in [2.05, 4.69) is 29.1 Å². The van der Waals surface area contributed by atoms with Crippen LogP contribution in [0.25, 0.3) is 0 Å². The van der Waals surface area contributed by atoms with Gasteiger partial charge < -0.3 is 5.32 Å². The van der Waals surface area contributed by atoms with Gasteiger partial charge in [0.25, 0.3) is 0 Å². The van der Waals surface area contributed by atoms with Crippen molar-refractivity contribution in [1.29, 1.82) is 0 Å². The zero-order valence-corrected chi connectivity index (χ0v) is 14.9. The molecule has 1 aliphatic heterocycles. The first-order valence-electron chi connectivity index (χ1n) is 8.40. The molecule has 0 saturated heterocycles. The summed E-state index contributed by atoms with van der Waals surface area (Å²) in [6, 6.07) is 15.7. The van der Waals surface area contributed by atoms with Gasteiger partial charge in [-0.1, -0.05) is 30.3 Å². The van der Waals surface area contributed by atoms with E-state index in [0.29, 0.717) is 10.9 Å². The van der Waals surface area contributed by atoms with E-state index in [9.17, 15) is 8.42 Å². The van der Waals surface area contributed by atoms with E-state index >= 15 is 0 Å². The molecule has 3 rings (SSSR count). The van der Waals surface area contributed by atoms with Crippen LogP contribution in [0.4, 0.5) is 5.69 Å². The molecule has 4 nitrogen and oxygen atoms in total. The van der Waals surface area contributed by atoms with Crippen molar-refractivity contribution in [2.45, 2.75) is 50.1 Å². The van der Waals surface area contributed by atoms with Gasteiger partial charge in [0.15, 0.2) is 0 Å². The number of hydrogen-bond donors (Lipinski definition) is 2. The van der Waals surface area contributed by atoms with E-state index in [0.717, 1.165) is 30.5 Å². The Hall–Kier alpha value is -1.85. The first-order chi connectivity index (χ1) is 11.4.